The molecule has 1 aromatic heterocycles. The van der Waals surface area contributed by atoms with Crippen molar-refractivity contribution in [3.63, 3.8) is 0 Å². The van der Waals surface area contributed by atoms with Gasteiger partial charge in [0.05, 0.1) is 5.69 Å². The molecule has 2 rings (SSSR count). The second-order valence-corrected chi connectivity index (χ2v) is 5.63. The Morgan fingerprint density at radius 3 is 2.47 bits per heavy atom. The van der Waals surface area contributed by atoms with E-state index in [4.69, 9.17) is 4.98 Å². The minimum Gasteiger partial charge on any atom is -0.334 e. The van der Waals surface area contributed by atoms with E-state index in [1.165, 1.54) is 17.2 Å². The second-order valence-electron chi connectivity index (χ2n) is 5.63. The van der Waals surface area contributed by atoms with Crippen LogP contribution in [0.1, 0.15) is 38.0 Å². The van der Waals surface area contributed by atoms with E-state index in [1.807, 2.05) is 0 Å². The average molecular weight is 207 g/mol. The number of fused-ring (bicyclic) bond motifs is 1. The zero-order chi connectivity index (χ0) is 11.2. The summed E-state index contributed by atoms with van der Waals surface area (Å²) in [5, 5.41) is 0. The molecule has 3 nitrogen and oxygen atoms in total. The predicted molar refractivity (Wildman–Crippen MR) is 61.9 cm³/mol. The molecule has 0 aliphatic carbocycles. The molecule has 0 aromatic carbocycles. The van der Waals surface area contributed by atoms with Gasteiger partial charge in [-0.15, -0.1) is 0 Å². The molecule has 84 valence electrons. The molecule has 0 atom stereocenters. The Morgan fingerprint density at radius 2 is 1.87 bits per heavy atom. The summed E-state index contributed by atoms with van der Waals surface area (Å²) in [6.07, 6.45) is 1.13. The molecule has 3 heteroatoms. The van der Waals surface area contributed by atoms with Crippen molar-refractivity contribution in [1.82, 2.24) is 14.5 Å². The first-order valence-electron chi connectivity index (χ1n) is 5.63. The maximum atomic E-state index is 4.79. The van der Waals surface area contributed by atoms with Gasteiger partial charge in [-0.2, -0.15) is 0 Å². The normalized spacial score (nSPS) is 17.9. The molecule has 0 amide bonds. The summed E-state index contributed by atoms with van der Waals surface area (Å²) in [6.45, 7) is 8.83. The molecule has 2 heterocycles. The van der Waals surface area contributed by atoms with Crippen LogP contribution in [0.2, 0.25) is 0 Å². The highest BCUT2D eigenvalue weighted by molar-refractivity contribution is 5.23. The Balaban J connectivity index is 2.45. The Labute approximate surface area is 92.1 Å². The van der Waals surface area contributed by atoms with Crippen LogP contribution in [0.4, 0.5) is 0 Å². The van der Waals surface area contributed by atoms with Gasteiger partial charge in [-0.3, -0.25) is 0 Å². The van der Waals surface area contributed by atoms with Crippen LogP contribution in [0.15, 0.2) is 0 Å². The molecular weight excluding hydrogens is 186 g/mol. The van der Waals surface area contributed by atoms with Crippen LogP contribution >= 0.6 is 0 Å². The van der Waals surface area contributed by atoms with Gasteiger partial charge in [0.2, 0.25) is 0 Å². The zero-order valence-electron chi connectivity index (χ0n) is 10.5. The molecule has 15 heavy (non-hydrogen) atoms. The van der Waals surface area contributed by atoms with Crippen molar-refractivity contribution in [1.29, 1.82) is 0 Å². The third kappa shape index (κ3) is 1.81. The summed E-state index contributed by atoms with van der Waals surface area (Å²) in [7, 11) is 4.31. The van der Waals surface area contributed by atoms with Crippen LogP contribution in [0, 0.1) is 0 Å². The summed E-state index contributed by atoms with van der Waals surface area (Å²) < 4.78 is 2.29. The van der Waals surface area contributed by atoms with Crippen molar-refractivity contribution in [3.05, 3.63) is 17.2 Å². The van der Waals surface area contributed by atoms with E-state index in [2.05, 4.69) is 44.3 Å². The van der Waals surface area contributed by atoms with E-state index in [9.17, 15) is 0 Å². The lowest BCUT2D eigenvalue weighted by molar-refractivity contribution is 0.305. The summed E-state index contributed by atoms with van der Waals surface area (Å²) in [5.41, 5.74) is 2.85. The van der Waals surface area contributed by atoms with Gasteiger partial charge < -0.3 is 9.47 Å². The number of nitrogens with zero attached hydrogens (tertiary/aromatic N) is 3. The highest BCUT2D eigenvalue weighted by Gasteiger charge is 2.26. The number of rotatable bonds is 0. The number of hydrogen-bond donors (Lipinski definition) is 0. The summed E-state index contributed by atoms with van der Waals surface area (Å²) in [4.78, 5) is 7.13. The quantitative estimate of drug-likeness (QED) is 0.645. The first-order chi connectivity index (χ1) is 6.89. The van der Waals surface area contributed by atoms with Crippen LogP contribution in [0.5, 0.6) is 0 Å². The fraction of sp³-hybridized carbons (Fsp3) is 0.750. The highest BCUT2D eigenvalue weighted by Crippen LogP contribution is 2.26. The minimum atomic E-state index is 0.144. The monoisotopic (exact) mass is 207 g/mol. The van der Waals surface area contributed by atoms with Crippen molar-refractivity contribution in [3.8, 4) is 0 Å². The van der Waals surface area contributed by atoms with Crippen molar-refractivity contribution in [2.45, 2.75) is 39.2 Å². The van der Waals surface area contributed by atoms with Crippen LogP contribution in [0.25, 0.3) is 0 Å². The topological polar surface area (TPSA) is 21.1 Å². The minimum absolute atomic E-state index is 0.144. The summed E-state index contributed by atoms with van der Waals surface area (Å²) in [5.74, 6) is 1.21. The Kier molecular flexibility index (Phi) is 2.38. The molecular formula is C12H21N3. The molecule has 0 fully saturated rings. The first kappa shape index (κ1) is 10.7. The third-order valence-corrected chi connectivity index (χ3v) is 3.12. The standard InChI is InChI=1S/C12H21N3/c1-12(2,3)11-13-9-8-14(4)7-6-10(9)15(11)5/h6-8H2,1-5H3. The van der Waals surface area contributed by atoms with Gasteiger partial charge in [-0.25, -0.2) is 4.98 Å². The van der Waals surface area contributed by atoms with Crippen LogP contribution in [-0.2, 0) is 25.4 Å². The lowest BCUT2D eigenvalue weighted by Crippen LogP contribution is -2.27. The summed E-state index contributed by atoms with van der Waals surface area (Å²) >= 11 is 0. The smallest absolute Gasteiger partial charge is 0.114 e. The van der Waals surface area contributed by atoms with Gasteiger partial charge in [-0.05, 0) is 7.05 Å². The zero-order valence-corrected chi connectivity index (χ0v) is 10.5. The van der Waals surface area contributed by atoms with E-state index in [0.717, 1.165) is 19.5 Å². The molecule has 0 bridgehead atoms. The van der Waals surface area contributed by atoms with Crippen LogP contribution in [0.3, 0.4) is 0 Å². The van der Waals surface area contributed by atoms with Crippen molar-refractivity contribution >= 4 is 0 Å². The molecule has 0 radical (unpaired) electrons. The maximum absolute atomic E-state index is 4.79. The Bertz CT molecular complexity index is 371. The molecule has 1 aliphatic rings. The van der Waals surface area contributed by atoms with Gasteiger partial charge in [0.25, 0.3) is 0 Å². The largest absolute Gasteiger partial charge is 0.334 e. The SMILES string of the molecule is CN1CCc2c(nc(C(C)(C)C)n2C)C1. The maximum Gasteiger partial charge on any atom is 0.114 e. The second kappa shape index (κ2) is 3.34. The van der Waals surface area contributed by atoms with Crippen LogP contribution < -0.4 is 0 Å². The molecule has 1 aromatic rings. The van der Waals surface area contributed by atoms with Crippen LogP contribution in [-0.4, -0.2) is 28.0 Å². The third-order valence-electron chi connectivity index (χ3n) is 3.12. The van der Waals surface area contributed by atoms with E-state index in [0.29, 0.717) is 0 Å². The molecule has 0 spiro atoms. The fourth-order valence-corrected chi connectivity index (χ4v) is 2.33. The van der Waals surface area contributed by atoms with E-state index >= 15 is 0 Å². The Hall–Kier alpha value is -0.830. The first-order valence-corrected chi connectivity index (χ1v) is 5.63. The van der Waals surface area contributed by atoms with Gasteiger partial charge in [0.15, 0.2) is 0 Å². The van der Waals surface area contributed by atoms with Gasteiger partial charge in [-0.1, -0.05) is 20.8 Å². The molecule has 1 aliphatic heterocycles. The highest BCUT2D eigenvalue weighted by atomic mass is 15.2. The lowest BCUT2D eigenvalue weighted by Gasteiger charge is -2.22. The van der Waals surface area contributed by atoms with E-state index in [1.54, 1.807) is 0 Å². The summed E-state index contributed by atoms with van der Waals surface area (Å²) in [6, 6.07) is 0. The molecule has 0 N–H and O–H groups in total. The van der Waals surface area contributed by atoms with Crippen molar-refractivity contribution < 1.29 is 0 Å². The number of hydrogen-bond acceptors (Lipinski definition) is 2. The van der Waals surface area contributed by atoms with Crippen molar-refractivity contribution in [2.75, 3.05) is 13.6 Å². The van der Waals surface area contributed by atoms with Crippen molar-refractivity contribution in [2.24, 2.45) is 7.05 Å². The number of imidazole rings is 1. The molecule has 0 saturated carbocycles. The van der Waals surface area contributed by atoms with E-state index < -0.39 is 0 Å². The Morgan fingerprint density at radius 1 is 1.20 bits per heavy atom. The number of likely N-dealkylation sites (N-methyl/N-ethyl adjacent to an activating group) is 1. The molecule has 0 unspecified atom stereocenters. The average Bonchev–Trinajstić information content (AvgIpc) is 2.42. The van der Waals surface area contributed by atoms with Gasteiger partial charge >= 0.3 is 0 Å². The lowest BCUT2D eigenvalue weighted by atomic mass is 9.96. The number of aromatic nitrogens is 2. The predicted octanol–water partition coefficient (Wildman–Crippen LogP) is 1.71. The van der Waals surface area contributed by atoms with Gasteiger partial charge in [0.1, 0.15) is 5.82 Å². The van der Waals surface area contributed by atoms with Gasteiger partial charge in [0, 0.05) is 37.7 Å². The fourth-order valence-electron chi connectivity index (χ4n) is 2.33. The molecule has 0 saturated heterocycles. The van der Waals surface area contributed by atoms with E-state index in [-0.39, 0.29) is 5.41 Å².